The van der Waals surface area contributed by atoms with E-state index in [4.69, 9.17) is 0 Å². The molecule has 5 nitrogen and oxygen atoms in total. The van der Waals surface area contributed by atoms with Crippen LogP contribution in [0.25, 0.3) is 5.52 Å². The van der Waals surface area contributed by atoms with E-state index >= 15 is 0 Å². The SMILES string of the molecule is O=c1cc2cccnn2c(=O)[nH]1. The average molecular weight is 163 g/mol. The van der Waals surface area contributed by atoms with Crippen molar-refractivity contribution in [2.45, 2.75) is 0 Å². The van der Waals surface area contributed by atoms with Crippen LogP contribution in [0.3, 0.4) is 0 Å². The number of hydrogen-bond acceptors (Lipinski definition) is 3. The van der Waals surface area contributed by atoms with E-state index in [0.717, 1.165) is 4.52 Å². The van der Waals surface area contributed by atoms with Gasteiger partial charge in [0.15, 0.2) is 0 Å². The van der Waals surface area contributed by atoms with Gasteiger partial charge in [0, 0.05) is 12.3 Å². The molecule has 0 unspecified atom stereocenters. The molecule has 2 rings (SSSR count). The molecule has 2 heterocycles. The summed E-state index contributed by atoms with van der Waals surface area (Å²) in [7, 11) is 0. The lowest BCUT2D eigenvalue weighted by molar-refractivity contribution is 0.833. The minimum atomic E-state index is -0.516. The van der Waals surface area contributed by atoms with E-state index in [1.54, 1.807) is 12.1 Å². The molecule has 0 aliphatic heterocycles. The van der Waals surface area contributed by atoms with Crippen LogP contribution in [0.5, 0.6) is 0 Å². The normalized spacial score (nSPS) is 10.3. The predicted octanol–water partition coefficient (Wildman–Crippen LogP) is -0.617. The van der Waals surface area contributed by atoms with E-state index < -0.39 is 11.2 Å². The molecule has 0 amide bonds. The number of aromatic amines is 1. The molecule has 2 aromatic heterocycles. The smallest absolute Gasteiger partial charge is 0.272 e. The predicted molar refractivity (Wildman–Crippen MR) is 42.1 cm³/mol. The zero-order valence-electron chi connectivity index (χ0n) is 6.02. The fraction of sp³-hybridized carbons (Fsp3) is 0. The van der Waals surface area contributed by atoms with Crippen molar-refractivity contribution in [1.29, 1.82) is 0 Å². The number of hydrogen-bond donors (Lipinski definition) is 1. The first-order valence-electron chi connectivity index (χ1n) is 3.35. The summed E-state index contributed by atoms with van der Waals surface area (Å²) in [6.07, 6.45) is 1.48. The maximum atomic E-state index is 11.0. The van der Waals surface area contributed by atoms with E-state index in [1.807, 2.05) is 0 Å². The third-order valence-corrected chi connectivity index (χ3v) is 1.48. The van der Waals surface area contributed by atoms with Crippen molar-refractivity contribution in [2.75, 3.05) is 0 Å². The van der Waals surface area contributed by atoms with Crippen molar-refractivity contribution < 1.29 is 0 Å². The Kier molecular flexibility index (Phi) is 1.30. The van der Waals surface area contributed by atoms with Gasteiger partial charge >= 0.3 is 5.69 Å². The zero-order valence-corrected chi connectivity index (χ0v) is 6.02. The van der Waals surface area contributed by atoms with E-state index in [-0.39, 0.29) is 0 Å². The molecule has 60 valence electrons. The lowest BCUT2D eigenvalue weighted by Gasteiger charge is -1.94. The van der Waals surface area contributed by atoms with Gasteiger partial charge in [0.1, 0.15) is 0 Å². The first-order valence-corrected chi connectivity index (χ1v) is 3.35. The van der Waals surface area contributed by atoms with Gasteiger partial charge in [-0.2, -0.15) is 9.61 Å². The minimum Gasteiger partial charge on any atom is -0.272 e. The summed E-state index contributed by atoms with van der Waals surface area (Å²) < 4.78 is 1.13. The molecule has 1 N–H and O–H groups in total. The summed E-state index contributed by atoms with van der Waals surface area (Å²) in [5, 5.41) is 3.76. The van der Waals surface area contributed by atoms with Crippen molar-refractivity contribution >= 4 is 5.52 Å². The largest absolute Gasteiger partial charge is 0.349 e. The summed E-state index contributed by atoms with van der Waals surface area (Å²) in [6.45, 7) is 0. The van der Waals surface area contributed by atoms with Crippen molar-refractivity contribution in [2.24, 2.45) is 0 Å². The van der Waals surface area contributed by atoms with Gasteiger partial charge in [-0.05, 0) is 12.1 Å². The second kappa shape index (κ2) is 2.30. The van der Waals surface area contributed by atoms with Crippen LogP contribution in [-0.2, 0) is 0 Å². The van der Waals surface area contributed by atoms with Crippen LogP contribution in [0, 0.1) is 0 Å². The lowest BCUT2D eigenvalue weighted by Crippen LogP contribution is -2.26. The van der Waals surface area contributed by atoms with Crippen LogP contribution in [0.15, 0.2) is 34.0 Å². The Morgan fingerprint density at radius 3 is 3.08 bits per heavy atom. The molecule has 0 saturated carbocycles. The average Bonchev–Trinajstić information content (AvgIpc) is 2.04. The molecule has 12 heavy (non-hydrogen) atoms. The maximum Gasteiger partial charge on any atom is 0.349 e. The molecular formula is C7H5N3O2. The molecule has 0 bridgehead atoms. The minimum absolute atomic E-state index is 0.409. The Bertz CT molecular complexity index is 526. The summed E-state index contributed by atoms with van der Waals surface area (Å²) in [5.41, 5.74) is -0.433. The Morgan fingerprint density at radius 1 is 1.42 bits per heavy atom. The number of H-pyrrole nitrogens is 1. The van der Waals surface area contributed by atoms with Gasteiger partial charge in [0.2, 0.25) is 0 Å². The molecular weight excluding hydrogens is 158 g/mol. The molecule has 0 atom stereocenters. The van der Waals surface area contributed by atoms with Gasteiger partial charge in [0.05, 0.1) is 5.52 Å². The van der Waals surface area contributed by atoms with Gasteiger partial charge in [-0.1, -0.05) is 0 Å². The van der Waals surface area contributed by atoms with Gasteiger partial charge in [-0.15, -0.1) is 0 Å². The van der Waals surface area contributed by atoms with Crippen LogP contribution in [-0.4, -0.2) is 14.6 Å². The fourth-order valence-electron chi connectivity index (χ4n) is 0.992. The molecule has 0 aliphatic carbocycles. The Labute approximate surface area is 66.3 Å². The lowest BCUT2D eigenvalue weighted by atomic mass is 10.4. The third-order valence-electron chi connectivity index (χ3n) is 1.48. The van der Waals surface area contributed by atoms with Crippen molar-refractivity contribution in [3.05, 3.63) is 45.2 Å². The Morgan fingerprint density at radius 2 is 2.25 bits per heavy atom. The highest BCUT2D eigenvalue weighted by molar-refractivity contribution is 5.42. The van der Waals surface area contributed by atoms with E-state index in [1.165, 1.54) is 12.3 Å². The summed E-state index contributed by atoms with van der Waals surface area (Å²) in [5.74, 6) is 0. The van der Waals surface area contributed by atoms with Crippen molar-refractivity contribution in [1.82, 2.24) is 14.6 Å². The standard InChI is InChI=1S/C7H5N3O2/c11-6-4-5-2-1-3-8-10(5)7(12)9-6/h1-4H,(H,9,11,12). The van der Waals surface area contributed by atoms with Crippen LogP contribution in [0.2, 0.25) is 0 Å². The highest BCUT2D eigenvalue weighted by atomic mass is 16.2. The van der Waals surface area contributed by atoms with Gasteiger partial charge in [0.25, 0.3) is 5.56 Å². The molecule has 0 saturated heterocycles. The van der Waals surface area contributed by atoms with E-state index in [2.05, 4.69) is 10.1 Å². The Hall–Kier alpha value is -1.91. The highest BCUT2D eigenvalue weighted by Crippen LogP contribution is 1.89. The summed E-state index contributed by atoms with van der Waals surface area (Å²) in [6, 6.07) is 4.62. The highest BCUT2D eigenvalue weighted by Gasteiger charge is 1.95. The van der Waals surface area contributed by atoms with Crippen LogP contribution >= 0.6 is 0 Å². The van der Waals surface area contributed by atoms with Crippen LogP contribution < -0.4 is 11.2 Å². The number of rotatable bonds is 0. The molecule has 2 aromatic rings. The fourth-order valence-corrected chi connectivity index (χ4v) is 0.992. The first kappa shape index (κ1) is 6.78. The molecule has 0 aromatic carbocycles. The second-order valence-corrected chi connectivity index (χ2v) is 2.30. The molecule has 0 fully saturated rings. The number of nitrogens with zero attached hydrogens (tertiary/aromatic N) is 2. The van der Waals surface area contributed by atoms with Gasteiger partial charge in [-0.25, -0.2) is 4.79 Å². The maximum absolute atomic E-state index is 11.0. The quantitative estimate of drug-likeness (QED) is 0.563. The van der Waals surface area contributed by atoms with E-state index in [0.29, 0.717) is 5.52 Å². The third kappa shape index (κ3) is 0.914. The molecule has 5 heteroatoms. The molecule has 0 radical (unpaired) electrons. The van der Waals surface area contributed by atoms with E-state index in [9.17, 15) is 9.59 Å². The summed E-state index contributed by atoms with van der Waals surface area (Å²) >= 11 is 0. The second-order valence-electron chi connectivity index (χ2n) is 2.30. The number of aromatic nitrogens is 3. The molecule has 0 spiro atoms. The van der Waals surface area contributed by atoms with Crippen LogP contribution in [0.4, 0.5) is 0 Å². The summed E-state index contributed by atoms with van der Waals surface area (Å²) in [4.78, 5) is 24.0. The van der Waals surface area contributed by atoms with Gasteiger partial charge < -0.3 is 0 Å². The van der Waals surface area contributed by atoms with Gasteiger partial charge in [-0.3, -0.25) is 9.78 Å². The Balaban J connectivity index is 3.09. The first-order chi connectivity index (χ1) is 5.77. The number of nitrogens with one attached hydrogen (secondary N) is 1. The zero-order chi connectivity index (χ0) is 8.55. The topological polar surface area (TPSA) is 67.2 Å². The number of fused-ring (bicyclic) bond motifs is 1. The molecule has 0 aliphatic rings. The monoisotopic (exact) mass is 163 g/mol. The van der Waals surface area contributed by atoms with Crippen molar-refractivity contribution in [3.8, 4) is 0 Å². The van der Waals surface area contributed by atoms with Crippen molar-refractivity contribution in [3.63, 3.8) is 0 Å². The van der Waals surface area contributed by atoms with Crippen LogP contribution in [0.1, 0.15) is 0 Å².